The summed E-state index contributed by atoms with van der Waals surface area (Å²) in [5, 5.41) is 5.92. The normalized spacial score (nSPS) is 10.4. The number of nitrogens with one attached hydrogen (secondary N) is 1. The number of halogens is 1. The van der Waals surface area contributed by atoms with Crippen LogP contribution in [0.4, 0.5) is 5.00 Å². The zero-order chi connectivity index (χ0) is 19.2. The van der Waals surface area contributed by atoms with Gasteiger partial charge in [0.15, 0.2) is 0 Å². The standard InChI is InChI=1S/C21H18BrNO2S2/c1-2-25-21(24)19-17(15-8-10-16(22)11-9-15)13-27-20(19)23-18(26)12-14-6-4-3-5-7-14/h3-11,13H,2,12H2,1H3,(H,23,26). The molecule has 0 unspecified atom stereocenters. The Morgan fingerprint density at radius 1 is 1.15 bits per heavy atom. The van der Waals surface area contributed by atoms with Gasteiger partial charge < -0.3 is 10.1 Å². The summed E-state index contributed by atoms with van der Waals surface area (Å²) in [7, 11) is 0. The van der Waals surface area contributed by atoms with Crippen LogP contribution in [0.25, 0.3) is 11.1 Å². The smallest absolute Gasteiger partial charge is 0.341 e. The van der Waals surface area contributed by atoms with Crippen molar-refractivity contribution < 1.29 is 9.53 Å². The van der Waals surface area contributed by atoms with Crippen molar-refractivity contribution >= 4 is 55.4 Å². The predicted molar refractivity (Wildman–Crippen MR) is 120 cm³/mol. The Kier molecular flexibility index (Phi) is 6.77. The van der Waals surface area contributed by atoms with Crippen molar-refractivity contribution in [1.29, 1.82) is 0 Å². The summed E-state index contributed by atoms with van der Waals surface area (Å²) in [5.74, 6) is -0.346. The molecule has 0 amide bonds. The van der Waals surface area contributed by atoms with Gasteiger partial charge in [-0.3, -0.25) is 0 Å². The summed E-state index contributed by atoms with van der Waals surface area (Å²) in [5.41, 5.74) is 3.45. The van der Waals surface area contributed by atoms with Gasteiger partial charge in [0.05, 0.1) is 11.6 Å². The fourth-order valence-corrected chi connectivity index (χ4v) is 4.23. The third kappa shape index (κ3) is 5.03. The van der Waals surface area contributed by atoms with E-state index in [-0.39, 0.29) is 5.97 Å². The summed E-state index contributed by atoms with van der Waals surface area (Å²) >= 11 is 10.4. The van der Waals surface area contributed by atoms with Gasteiger partial charge in [-0.2, -0.15) is 0 Å². The SMILES string of the molecule is CCOC(=O)c1c(-c2ccc(Br)cc2)csc1NC(=S)Cc1ccccc1. The van der Waals surface area contributed by atoms with E-state index < -0.39 is 0 Å². The highest BCUT2D eigenvalue weighted by atomic mass is 79.9. The zero-order valence-corrected chi connectivity index (χ0v) is 17.9. The first-order valence-corrected chi connectivity index (χ1v) is 10.5. The van der Waals surface area contributed by atoms with Crippen LogP contribution in [-0.2, 0) is 11.2 Å². The van der Waals surface area contributed by atoms with E-state index in [0.29, 0.717) is 28.6 Å². The molecule has 3 aromatic rings. The lowest BCUT2D eigenvalue weighted by Crippen LogP contribution is -2.14. The minimum Gasteiger partial charge on any atom is -0.462 e. The van der Waals surface area contributed by atoms with Crippen molar-refractivity contribution in [1.82, 2.24) is 0 Å². The molecule has 2 aromatic carbocycles. The lowest BCUT2D eigenvalue weighted by molar-refractivity contribution is 0.0529. The highest BCUT2D eigenvalue weighted by Gasteiger charge is 2.22. The number of carbonyl (C=O) groups excluding carboxylic acids is 1. The molecule has 0 aliphatic carbocycles. The molecule has 1 heterocycles. The average molecular weight is 460 g/mol. The largest absolute Gasteiger partial charge is 0.462 e. The maximum atomic E-state index is 12.6. The van der Waals surface area contributed by atoms with Crippen LogP contribution < -0.4 is 5.32 Å². The molecule has 0 atom stereocenters. The Labute approximate surface area is 176 Å². The van der Waals surface area contributed by atoms with E-state index in [1.165, 1.54) is 11.3 Å². The van der Waals surface area contributed by atoms with Gasteiger partial charge in [-0.05, 0) is 30.2 Å². The average Bonchev–Trinajstić information content (AvgIpc) is 3.06. The maximum Gasteiger partial charge on any atom is 0.341 e. The molecule has 0 radical (unpaired) electrons. The van der Waals surface area contributed by atoms with Gasteiger partial charge in [0.25, 0.3) is 0 Å². The second-order valence-electron chi connectivity index (χ2n) is 5.79. The van der Waals surface area contributed by atoms with Crippen molar-refractivity contribution in [2.75, 3.05) is 11.9 Å². The monoisotopic (exact) mass is 459 g/mol. The van der Waals surface area contributed by atoms with Gasteiger partial charge in [0.2, 0.25) is 0 Å². The Morgan fingerprint density at radius 2 is 1.85 bits per heavy atom. The third-order valence-corrected chi connectivity index (χ3v) is 5.56. The molecule has 0 saturated carbocycles. The maximum absolute atomic E-state index is 12.6. The molecule has 0 bridgehead atoms. The number of ether oxygens (including phenoxy) is 1. The molecule has 1 N–H and O–H groups in total. The van der Waals surface area contributed by atoms with Gasteiger partial charge in [0, 0.05) is 21.8 Å². The molecular weight excluding hydrogens is 442 g/mol. The first-order valence-electron chi connectivity index (χ1n) is 8.46. The Hall–Kier alpha value is -2.02. The topological polar surface area (TPSA) is 38.3 Å². The highest BCUT2D eigenvalue weighted by molar-refractivity contribution is 9.10. The fraction of sp³-hybridized carbons (Fsp3) is 0.143. The lowest BCUT2D eigenvalue weighted by Gasteiger charge is -2.10. The molecular formula is C21H18BrNO2S2. The number of thiophene rings is 1. The molecule has 3 nitrogen and oxygen atoms in total. The van der Waals surface area contributed by atoms with Crippen LogP contribution in [0.1, 0.15) is 22.8 Å². The summed E-state index contributed by atoms with van der Waals surface area (Å²) < 4.78 is 6.28. The lowest BCUT2D eigenvalue weighted by atomic mass is 10.0. The van der Waals surface area contributed by atoms with E-state index in [9.17, 15) is 4.79 Å². The van der Waals surface area contributed by atoms with Crippen LogP contribution in [0, 0.1) is 0 Å². The number of carbonyl (C=O) groups is 1. The molecule has 6 heteroatoms. The first-order chi connectivity index (χ1) is 13.1. The molecule has 27 heavy (non-hydrogen) atoms. The molecule has 1 aromatic heterocycles. The van der Waals surface area contributed by atoms with Gasteiger partial charge in [-0.25, -0.2) is 4.79 Å². The van der Waals surface area contributed by atoms with Crippen LogP contribution in [0.2, 0.25) is 0 Å². The molecule has 3 rings (SSSR count). The van der Waals surface area contributed by atoms with E-state index in [2.05, 4.69) is 21.2 Å². The van der Waals surface area contributed by atoms with Crippen LogP contribution >= 0.6 is 39.5 Å². The van der Waals surface area contributed by atoms with Crippen LogP contribution in [0.3, 0.4) is 0 Å². The Balaban J connectivity index is 1.89. The second-order valence-corrected chi connectivity index (χ2v) is 8.08. The summed E-state index contributed by atoms with van der Waals surface area (Å²) in [6.07, 6.45) is 0.615. The van der Waals surface area contributed by atoms with Gasteiger partial charge in [0.1, 0.15) is 10.6 Å². The van der Waals surface area contributed by atoms with E-state index in [4.69, 9.17) is 17.0 Å². The van der Waals surface area contributed by atoms with Crippen molar-refractivity contribution in [3.63, 3.8) is 0 Å². The molecule has 0 fully saturated rings. The number of rotatable bonds is 6. The van der Waals surface area contributed by atoms with Crippen LogP contribution in [0.15, 0.2) is 64.5 Å². The summed E-state index contributed by atoms with van der Waals surface area (Å²) in [6, 6.07) is 17.9. The minimum atomic E-state index is -0.346. The summed E-state index contributed by atoms with van der Waals surface area (Å²) in [4.78, 5) is 13.3. The quantitative estimate of drug-likeness (QED) is 0.344. The van der Waals surface area contributed by atoms with Crippen LogP contribution in [-0.4, -0.2) is 17.6 Å². The molecule has 0 aliphatic heterocycles. The number of benzene rings is 2. The highest BCUT2D eigenvalue weighted by Crippen LogP contribution is 2.36. The van der Waals surface area contributed by atoms with E-state index >= 15 is 0 Å². The van der Waals surface area contributed by atoms with Gasteiger partial charge in [-0.15, -0.1) is 11.3 Å². The molecule has 0 spiro atoms. The number of anilines is 1. The van der Waals surface area contributed by atoms with Crippen molar-refractivity contribution in [3.8, 4) is 11.1 Å². The van der Waals surface area contributed by atoms with Crippen LogP contribution in [0.5, 0.6) is 0 Å². The summed E-state index contributed by atoms with van der Waals surface area (Å²) in [6.45, 7) is 2.12. The number of hydrogen-bond acceptors (Lipinski definition) is 4. The Bertz CT molecular complexity index is 937. The number of thiocarbonyl (C=S) groups is 1. The fourth-order valence-electron chi connectivity index (χ4n) is 2.65. The molecule has 138 valence electrons. The predicted octanol–water partition coefficient (Wildman–Crippen LogP) is 6.34. The Morgan fingerprint density at radius 3 is 2.52 bits per heavy atom. The minimum absolute atomic E-state index is 0.322. The van der Waals surface area contributed by atoms with Crippen molar-refractivity contribution in [2.45, 2.75) is 13.3 Å². The number of esters is 1. The molecule has 0 aliphatic rings. The van der Waals surface area contributed by atoms with E-state index in [1.807, 2.05) is 60.0 Å². The zero-order valence-electron chi connectivity index (χ0n) is 14.7. The van der Waals surface area contributed by atoms with Gasteiger partial charge in [-0.1, -0.05) is 70.6 Å². The van der Waals surface area contributed by atoms with Crippen molar-refractivity contribution in [3.05, 3.63) is 75.6 Å². The molecule has 0 saturated heterocycles. The number of hydrogen-bond donors (Lipinski definition) is 1. The van der Waals surface area contributed by atoms with Crippen molar-refractivity contribution in [2.24, 2.45) is 0 Å². The van der Waals surface area contributed by atoms with E-state index in [1.54, 1.807) is 6.92 Å². The first kappa shape index (κ1) is 19.7. The second kappa shape index (κ2) is 9.26. The van der Waals surface area contributed by atoms with E-state index in [0.717, 1.165) is 21.2 Å². The third-order valence-electron chi connectivity index (χ3n) is 3.89. The van der Waals surface area contributed by atoms with Gasteiger partial charge >= 0.3 is 5.97 Å².